The molecule has 0 radical (unpaired) electrons. The number of methoxy groups -OCH3 is 1. The largest absolute Gasteiger partial charge is 0.465 e. The van der Waals surface area contributed by atoms with Gasteiger partial charge in [0.25, 0.3) is 11.8 Å². The number of nitrogens with one attached hydrogen (secondary N) is 1. The van der Waals surface area contributed by atoms with Gasteiger partial charge in [0.05, 0.1) is 23.9 Å². The van der Waals surface area contributed by atoms with Gasteiger partial charge < -0.3 is 19.9 Å². The lowest BCUT2D eigenvalue weighted by Gasteiger charge is -2.44. The third kappa shape index (κ3) is 4.00. The van der Waals surface area contributed by atoms with E-state index < -0.39 is 5.97 Å². The lowest BCUT2D eigenvalue weighted by Crippen LogP contribution is -2.55. The fourth-order valence-electron chi connectivity index (χ4n) is 4.48. The molecule has 162 valence electrons. The lowest BCUT2D eigenvalue weighted by molar-refractivity contribution is 0.0599. The average molecular weight is 421 g/mol. The molecule has 31 heavy (non-hydrogen) atoms. The summed E-state index contributed by atoms with van der Waals surface area (Å²) in [7, 11) is 1.32. The van der Waals surface area contributed by atoms with Crippen LogP contribution >= 0.6 is 0 Å². The van der Waals surface area contributed by atoms with Crippen molar-refractivity contribution in [2.24, 2.45) is 0 Å². The van der Waals surface area contributed by atoms with E-state index in [4.69, 9.17) is 4.74 Å². The number of esters is 1. The summed E-state index contributed by atoms with van der Waals surface area (Å²) in [5, 5.41) is 2.83. The molecule has 2 aliphatic heterocycles. The minimum atomic E-state index is -0.463. The highest BCUT2D eigenvalue weighted by Crippen LogP contribution is 2.35. The van der Waals surface area contributed by atoms with Crippen LogP contribution in [0.5, 0.6) is 0 Å². The van der Waals surface area contributed by atoms with Gasteiger partial charge in [0.2, 0.25) is 0 Å². The fourth-order valence-corrected chi connectivity index (χ4v) is 4.48. The first kappa shape index (κ1) is 20.9. The van der Waals surface area contributed by atoms with Gasteiger partial charge in [-0.15, -0.1) is 0 Å². The Morgan fingerprint density at radius 2 is 1.94 bits per heavy atom. The Morgan fingerprint density at radius 3 is 2.71 bits per heavy atom. The first-order valence-corrected chi connectivity index (χ1v) is 10.7. The monoisotopic (exact) mass is 421 g/mol. The SMILES string of the molecule is CCN1c2cc(C(=O)Nc3cccc(C(=O)OC)c3)ccc2C(=O)N2CCCCC[C@@H]21. The minimum absolute atomic E-state index is 0.0440. The number of amides is 2. The maximum absolute atomic E-state index is 13.1. The predicted molar refractivity (Wildman–Crippen MR) is 118 cm³/mol. The number of anilines is 2. The van der Waals surface area contributed by atoms with Crippen LogP contribution in [-0.2, 0) is 4.74 Å². The van der Waals surface area contributed by atoms with E-state index in [0.29, 0.717) is 22.4 Å². The summed E-state index contributed by atoms with van der Waals surface area (Å²) in [5.41, 5.74) is 2.79. The standard InChI is InChI=1S/C24H27N3O4/c1-3-26-20-15-16(22(28)25-18-9-7-8-17(14-18)24(30)31-2)11-12-19(20)23(29)27-13-6-4-5-10-21(26)27/h7-9,11-12,14-15,21H,3-6,10,13H2,1-2H3,(H,25,28)/t21-/m1/s1. The van der Waals surface area contributed by atoms with Crippen molar-refractivity contribution in [1.29, 1.82) is 0 Å². The lowest BCUT2D eigenvalue weighted by atomic mass is 10.0. The zero-order valence-electron chi connectivity index (χ0n) is 17.9. The highest BCUT2D eigenvalue weighted by molar-refractivity contribution is 6.08. The molecule has 2 amide bonds. The molecular formula is C24H27N3O4. The first-order valence-electron chi connectivity index (χ1n) is 10.7. The van der Waals surface area contributed by atoms with E-state index in [2.05, 4.69) is 17.1 Å². The Balaban J connectivity index is 1.62. The normalized spacial score (nSPS) is 18.0. The number of ether oxygens (including phenoxy) is 1. The van der Waals surface area contributed by atoms with E-state index in [0.717, 1.165) is 44.5 Å². The van der Waals surface area contributed by atoms with Crippen molar-refractivity contribution in [3.8, 4) is 0 Å². The summed E-state index contributed by atoms with van der Waals surface area (Å²) in [6, 6.07) is 11.8. The van der Waals surface area contributed by atoms with Crippen LogP contribution in [0.3, 0.4) is 0 Å². The minimum Gasteiger partial charge on any atom is -0.465 e. The summed E-state index contributed by atoms with van der Waals surface area (Å²) in [5.74, 6) is -0.712. The molecule has 2 aromatic rings. The number of fused-ring (bicyclic) bond motifs is 2. The van der Waals surface area contributed by atoms with Crippen molar-refractivity contribution in [2.45, 2.75) is 38.8 Å². The Kier molecular flexibility index (Phi) is 5.93. The van der Waals surface area contributed by atoms with E-state index >= 15 is 0 Å². The second-order valence-electron chi connectivity index (χ2n) is 7.87. The molecule has 1 fully saturated rings. The summed E-state index contributed by atoms with van der Waals surface area (Å²) >= 11 is 0. The summed E-state index contributed by atoms with van der Waals surface area (Å²) in [6.07, 6.45) is 4.24. The van der Waals surface area contributed by atoms with Crippen LogP contribution in [0.4, 0.5) is 11.4 Å². The molecule has 1 N–H and O–H groups in total. The molecule has 2 aromatic carbocycles. The molecule has 0 saturated carbocycles. The smallest absolute Gasteiger partial charge is 0.337 e. The van der Waals surface area contributed by atoms with E-state index in [1.54, 1.807) is 42.5 Å². The van der Waals surface area contributed by atoms with Crippen molar-refractivity contribution in [3.63, 3.8) is 0 Å². The maximum Gasteiger partial charge on any atom is 0.337 e. The maximum atomic E-state index is 13.1. The molecule has 0 aromatic heterocycles. The van der Waals surface area contributed by atoms with Crippen molar-refractivity contribution in [3.05, 3.63) is 59.2 Å². The Morgan fingerprint density at radius 1 is 1.10 bits per heavy atom. The van der Waals surface area contributed by atoms with Gasteiger partial charge in [0.15, 0.2) is 0 Å². The summed E-state index contributed by atoms with van der Waals surface area (Å²) < 4.78 is 4.74. The van der Waals surface area contributed by atoms with Gasteiger partial charge in [0, 0.05) is 24.3 Å². The highest BCUT2D eigenvalue weighted by atomic mass is 16.5. The topological polar surface area (TPSA) is 79.0 Å². The molecule has 0 bridgehead atoms. The number of hydrogen-bond donors (Lipinski definition) is 1. The number of hydrogen-bond acceptors (Lipinski definition) is 5. The number of rotatable bonds is 4. The average Bonchev–Trinajstić information content (AvgIpc) is 3.05. The zero-order valence-corrected chi connectivity index (χ0v) is 17.9. The molecule has 0 unspecified atom stereocenters. The van der Waals surface area contributed by atoms with Crippen LogP contribution in [0.1, 0.15) is 63.7 Å². The molecular weight excluding hydrogens is 394 g/mol. The van der Waals surface area contributed by atoms with Gasteiger partial charge in [0.1, 0.15) is 6.17 Å². The van der Waals surface area contributed by atoms with Crippen LogP contribution < -0.4 is 10.2 Å². The van der Waals surface area contributed by atoms with Gasteiger partial charge in [-0.25, -0.2) is 4.79 Å². The second-order valence-corrected chi connectivity index (χ2v) is 7.87. The molecule has 1 saturated heterocycles. The van der Waals surface area contributed by atoms with E-state index in [9.17, 15) is 14.4 Å². The zero-order chi connectivity index (χ0) is 22.0. The van der Waals surface area contributed by atoms with Gasteiger partial charge in [-0.05, 0) is 62.6 Å². The molecule has 1 atom stereocenters. The van der Waals surface area contributed by atoms with E-state index in [1.165, 1.54) is 7.11 Å². The molecule has 7 heteroatoms. The summed E-state index contributed by atoms with van der Waals surface area (Å²) in [6.45, 7) is 3.61. The van der Waals surface area contributed by atoms with Crippen molar-refractivity contribution >= 4 is 29.2 Å². The van der Waals surface area contributed by atoms with Gasteiger partial charge in [-0.1, -0.05) is 12.5 Å². The van der Waals surface area contributed by atoms with Crippen LogP contribution in [0.15, 0.2) is 42.5 Å². The van der Waals surface area contributed by atoms with Gasteiger partial charge in [-0.3, -0.25) is 9.59 Å². The van der Waals surface area contributed by atoms with E-state index in [1.807, 2.05) is 4.90 Å². The first-order chi connectivity index (χ1) is 15.0. The number of nitrogens with zero attached hydrogens (tertiary/aromatic N) is 2. The number of carbonyl (C=O) groups is 3. The number of carbonyl (C=O) groups excluding carboxylic acids is 3. The third-order valence-corrected chi connectivity index (χ3v) is 6.02. The Hall–Kier alpha value is -3.35. The predicted octanol–water partition coefficient (Wildman–Crippen LogP) is 3.91. The summed E-state index contributed by atoms with van der Waals surface area (Å²) in [4.78, 5) is 42.0. The fraction of sp³-hybridized carbons (Fsp3) is 0.375. The van der Waals surface area contributed by atoms with Crippen molar-refractivity contribution < 1.29 is 19.1 Å². The van der Waals surface area contributed by atoms with Gasteiger partial charge in [-0.2, -0.15) is 0 Å². The van der Waals surface area contributed by atoms with Crippen molar-refractivity contribution in [1.82, 2.24) is 4.90 Å². The van der Waals surface area contributed by atoms with Crippen LogP contribution in [-0.4, -0.2) is 49.0 Å². The van der Waals surface area contributed by atoms with Crippen LogP contribution in [0.2, 0.25) is 0 Å². The molecule has 2 heterocycles. The van der Waals surface area contributed by atoms with E-state index in [-0.39, 0.29) is 18.0 Å². The van der Waals surface area contributed by atoms with Crippen LogP contribution in [0.25, 0.3) is 0 Å². The quantitative estimate of drug-likeness (QED) is 0.758. The Bertz CT molecular complexity index is 1020. The second kappa shape index (κ2) is 8.79. The molecule has 2 aliphatic rings. The number of benzene rings is 2. The van der Waals surface area contributed by atoms with Gasteiger partial charge >= 0.3 is 5.97 Å². The molecule has 4 rings (SSSR count). The molecule has 7 nitrogen and oxygen atoms in total. The highest BCUT2D eigenvalue weighted by Gasteiger charge is 2.37. The molecule has 0 spiro atoms. The molecule has 0 aliphatic carbocycles. The Labute approximate surface area is 182 Å². The van der Waals surface area contributed by atoms with Crippen LogP contribution in [0, 0.1) is 0 Å². The van der Waals surface area contributed by atoms with Crippen molar-refractivity contribution in [2.75, 3.05) is 30.4 Å². The third-order valence-electron chi connectivity index (χ3n) is 6.02.